The smallest absolute Gasteiger partial charge is 0.151 e. The van der Waals surface area contributed by atoms with Gasteiger partial charge < -0.3 is 4.74 Å². The number of aldehydes is 1. The van der Waals surface area contributed by atoms with Crippen LogP contribution in [-0.4, -0.2) is 12.9 Å². The van der Waals surface area contributed by atoms with Crippen molar-refractivity contribution in [3.05, 3.63) is 54.1 Å². The van der Waals surface area contributed by atoms with Crippen molar-refractivity contribution in [2.24, 2.45) is 5.92 Å². The van der Waals surface area contributed by atoms with E-state index in [-0.39, 0.29) is 0 Å². The van der Waals surface area contributed by atoms with Gasteiger partial charge >= 0.3 is 0 Å². The SMILES string of the molecule is CCC(C)COc1c2ccccc2c(C=O)c2ccccc12. The fourth-order valence-corrected chi connectivity index (χ4v) is 2.75. The highest BCUT2D eigenvalue weighted by Crippen LogP contribution is 2.37. The van der Waals surface area contributed by atoms with E-state index in [1.165, 1.54) is 0 Å². The highest BCUT2D eigenvalue weighted by molar-refractivity contribution is 6.16. The molecule has 2 heteroatoms. The third kappa shape index (κ3) is 2.45. The molecule has 0 amide bonds. The first kappa shape index (κ1) is 14.6. The third-order valence-corrected chi connectivity index (χ3v) is 4.25. The van der Waals surface area contributed by atoms with Gasteiger partial charge in [0.2, 0.25) is 0 Å². The summed E-state index contributed by atoms with van der Waals surface area (Å²) in [7, 11) is 0. The highest BCUT2D eigenvalue weighted by atomic mass is 16.5. The Labute approximate surface area is 130 Å². The van der Waals surface area contributed by atoms with E-state index in [9.17, 15) is 4.79 Å². The van der Waals surface area contributed by atoms with Gasteiger partial charge in [0.15, 0.2) is 6.29 Å². The van der Waals surface area contributed by atoms with Crippen LogP contribution < -0.4 is 4.74 Å². The first-order valence-corrected chi connectivity index (χ1v) is 7.77. The molecule has 3 rings (SSSR count). The summed E-state index contributed by atoms with van der Waals surface area (Å²) in [5.41, 5.74) is 0.738. The molecule has 0 radical (unpaired) electrons. The topological polar surface area (TPSA) is 26.3 Å². The normalized spacial score (nSPS) is 12.5. The number of carbonyl (C=O) groups excluding carboxylic acids is 1. The van der Waals surface area contributed by atoms with E-state index >= 15 is 0 Å². The van der Waals surface area contributed by atoms with E-state index in [4.69, 9.17) is 4.74 Å². The van der Waals surface area contributed by atoms with Gasteiger partial charge in [0.05, 0.1) is 6.61 Å². The molecule has 1 unspecified atom stereocenters. The van der Waals surface area contributed by atoms with Crippen LogP contribution in [-0.2, 0) is 0 Å². The van der Waals surface area contributed by atoms with Crippen molar-refractivity contribution in [1.29, 1.82) is 0 Å². The largest absolute Gasteiger partial charge is 0.492 e. The predicted octanol–water partition coefficient (Wildman–Crippen LogP) is 5.23. The molecule has 0 saturated carbocycles. The van der Waals surface area contributed by atoms with Crippen molar-refractivity contribution in [3.63, 3.8) is 0 Å². The molecule has 3 aromatic rings. The zero-order valence-electron chi connectivity index (χ0n) is 13.0. The third-order valence-electron chi connectivity index (χ3n) is 4.25. The lowest BCUT2D eigenvalue weighted by Crippen LogP contribution is -2.08. The van der Waals surface area contributed by atoms with Crippen molar-refractivity contribution >= 4 is 27.8 Å². The van der Waals surface area contributed by atoms with Gasteiger partial charge in [-0.05, 0) is 16.7 Å². The number of hydrogen-bond donors (Lipinski definition) is 0. The average Bonchev–Trinajstić information content (AvgIpc) is 2.58. The first-order valence-electron chi connectivity index (χ1n) is 7.77. The van der Waals surface area contributed by atoms with Crippen LogP contribution >= 0.6 is 0 Å². The van der Waals surface area contributed by atoms with Gasteiger partial charge in [-0.1, -0.05) is 68.8 Å². The summed E-state index contributed by atoms with van der Waals surface area (Å²) in [6, 6.07) is 15.9. The monoisotopic (exact) mass is 292 g/mol. The minimum absolute atomic E-state index is 0.503. The van der Waals surface area contributed by atoms with Gasteiger partial charge in [-0.2, -0.15) is 0 Å². The van der Waals surface area contributed by atoms with E-state index < -0.39 is 0 Å². The highest BCUT2D eigenvalue weighted by Gasteiger charge is 2.14. The van der Waals surface area contributed by atoms with Gasteiger partial charge in [-0.15, -0.1) is 0 Å². The second-order valence-corrected chi connectivity index (χ2v) is 5.78. The molecule has 0 aromatic heterocycles. The molecule has 0 bridgehead atoms. The van der Waals surface area contributed by atoms with E-state index in [2.05, 4.69) is 13.8 Å². The fraction of sp³-hybridized carbons (Fsp3) is 0.250. The summed E-state index contributed by atoms with van der Waals surface area (Å²) in [5, 5.41) is 3.92. The Morgan fingerprint density at radius 2 is 1.45 bits per heavy atom. The fourth-order valence-electron chi connectivity index (χ4n) is 2.75. The summed E-state index contributed by atoms with van der Waals surface area (Å²) in [6.07, 6.45) is 2.03. The van der Waals surface area contributed by atoms with E-state index in [0.717, 1.165) is 45.6 Å². The Balaban J connectivity index is 2.29. The van der Waals surface area contributed by atoms with Crippen molar-refractivity contribution in [2.45, 2.75) is 20.3 Å². The summed E-state index contributed by atoms with van der Waals surface area (Å²) >= 11 is 0. The average molecular weight is 292 g/mol. The minimum Gasteiger partial charge on any atom is -0.492 e. The Morgan fingerprint density at radius 3 is 1.91 bits per heavy atom. The molecule has 0 aliphatic heterocycles. The van der Waals surface area contributed by atoms with Gasteiger partial charge in [0, 0.05) is 16.3 Å². The van der Waals surface area contributed by atoms with Crippen molar-refractivity contribution in [1.82, 2.24) is 0 Å². The summed E-state index contributed by atoms with van der Waals surface area (Å²) in [6.45, 7) is 5.04. The van der Waals surface area contributed by atoms with Crippen LogP contribution in [0, 0.1) is 5.92 Å². The second-order valence-electron chi connectivity index (χ2n) is 5.78. The maximum atomic E-state index is 11.6. The van der Waals surface area contributed by atoms with Gasteiger partial charge in [0.25, 0.3) is 0 Å². The predicted molar refractivity (Wildman–Crippen MR) is 91.8 cm³/mol. The molecule has 22 heavy (non-hydrogen) atoms. The lowest BCUT2D eigenvalue weighted by atomic mass is 9.96. The van der Waals surface area contributed by atoms with Crippen LogP contribution in [0.1, 0.15) is 30.6 Å². The van der Waals surface area contributed by atoms with Crippen molar-refractivity contribution in [3.8, 4) is 5.75 Å². The molecule has 0 fully saturated rings. The van der Waals surface area contributed by atoms with Crippen LogP contribution in [0.2, 0.25) is 0 Å². The molecule has 0 spiro atoms. The molecular formula is C20H20O2. The van der Waals surface area contributed by atoms with Crippen molar-refractivity contribution < 1.29 is 9.53 Å². The van der Waals surface area contributed by atoms with E-state index in [0.29, 0.717) is 12.5 Å². The van der Waals surface area contributed by atoms with Crippen LogP contribution in [0.3, 0.4) is 0 Å². The maximum Gasteiger partial charge on any atom is 0.151 e. The lowest BCUT2D eigenvalue weighted by Gasteiger charge is -2.17. The molecule has 0 saturated heterocycles. The number of benzene rings is 3. The molecule has 2 nitrogen and oxygen atoms in total. The molecule has 0 aliphatic rings. The standard InChI is InChI=1S/C20H20O2/c1-3-14(2)13-22-20-17-10-6-4-8-15(17)19(12-21)16-9-5-7-11-18(16)20/h4-12,14H,3,13H2,1-2H3. The summed E-state index contributed by atoms with van der Waals surface area (Å²) < 4.78 is 6.17. The Morgan fingerprint density at radius 1 is 0.955 bits per heavy atom. The number of fused-ring (bicyclic) bond motifs is 2. The molecule has 112 valence electrons. The van der Waals surface area contributed by atoms with Crippen molar-refractivity contribution in [2.75, 3.05) is 6.61 Å². The number of rotatable bonds is 5. The lowest BCUT2D eigenvalue weighted by molar-refractivity contribution is 0.112. The minimum atomic E-state index is 0.503. The summed E-state index contributed by atoms with van der Waals surface area (Å²) in [5.74, 6) is 1.39. The first-order chi connectivity index (χ1) is 10.8. The van der Waals surface area contributed by atoms with Gasteiger partial charge in [-0.25, -0.2) is 0 Å². The zero-order valence-corrected chi connectivity index (χ0v) is 13.0. The molecule has 3 aromatic carbocycles. The van der Waals surface area contributed by atoms with Crippen LogP contribution in [0.15, 0.2) is 48.5 Å². The molecule has 0 heterocycles. The molecule has 0 N–H and O–H groups in total. The van der Waals surface area contributed by atoms with E-state index in [1.807, 2.05) is 48.5 Å². The number of ether oxygens (including phenoxy) is 1. The Hall–Kier alpha value is -2.35. The van der Waals surface area contributed by atoms with Crippen LogP contribution in [0.4, 0.5) is 0 Å². The van der Waals surface area contributed by atoms with Gasteiger partial charge in [-0.3, -0.25) is 4.79 Å². The van der Waals surface area contributed by atoms with Crippen LogP contribution in [0.25, 0.3) is 21.5 Å². The number of hydrogen-bond acceptors (Lipinski definition) is 2. The van der Waals surface area contributed by atoms with Crippen LogP contribution in [0.5, 0.6) is 5.75 Å². The molecular weight excluding hydrogens is 272 g/mol. The second kappa shape index (κ2) is 6.18. The Bertz CT molecular complexity index is 763. The number of carbonyl (C=O) groups is 1. The Kier molecular flexibility index (Phi) is 4.10. The van der Waals surface area contributed by atoms with E-state index in [1.54, 1.807) is 0 Å². The molecule has 0 aliphatic carbocycles. The summed E-state index contributed by atoms with van der Waals surface area (Å²) in [4.78, 5) is 11.6. The van der Waals surface area contributed by atoms with Gasteiger partial charge in [0.1, 0.15) is 5.75 Å². The zero-order chi connectivity index (χ0) is 15.5. The quantitative estimate of drug-likeness (QED) is 0.475. The molecule has 1 atom stereocenters. The maximum absolute atomic E-state index is 11.6.